The minimum absolute atomic E-state index is 0.0714. The van der Waals surface area contributed by atoms with Gasteiger partial charge in [0.1, 0.15) is 11.9 Å². The first-order valence-corrected chi connectivity index (χ1v) is 8.20. The molecule has 4 heteroatoms. The van der Waals surface area contributed by atoms with Crippen LogP contribution in [0.1, 0.15) is 23.2 Å². The number of hydrogen-bond donors (Lipinski definition) is 3. The largest absolute Gasteiger partial charge is 0.485 e. The van der Waals surface area contributed by atoms with Gasteiger partial charge in [0.05, 0.1) is 12.3 Å². The molecule has 1 aliphatic heterocycles. The average Bonchev–Trinajstić information content (AvgIpc) is 3.01. The van der Waals surface area contributed by atoms with Crippen molar-refractivity contribution in [1.82, 2.24) is 5.32 Å². The first kappa shape index (κ1) is 15.1. The molecular formula is C20H21N3O. The Morgan fingerprint density at radius 3 is 2.50 bits per heavy atom. The van der Waals surface area contributed by atoms with Gasteiger partial charge in [-0.25, -0.2) is 0 Å². The highest BCUT2D eigenvalue weighted by Gasteiger charge is 2.38. The molecule has 1 aliphatic carbocycles. The molecule has 0 fully saturated rings. The van der Waals surface area contributed by atoms with E-state index in [2.05, 4.69) is 23.5 Å². The van der Waals surface area contributed by atoms with Crippen LogP contribution in [0, 0.1) is 0 Å². The summed E-state index contributed by atoms with van der Waals surface area (Å²) < 4.78 is 6.15. The summed E-state index contributed by atoms with van der Waals surface area (Å²) in [6.45, 7) is 0. The summed E-state index contributed by atoms with van der Waals surface area (Å²) in [6, 6.07) is 18.0. The van der Waals surface area contributed by atoms with Crippen molar-refractivity contribution in [3.05, 3.63) is 89.5 Å². The Kier molecular flexibility index (Phi) is 3.94. The van der Waals surface area contributed by atoms with Crippen molar-refractivity contribution in [2.45, 2.75) is 24.4 Å². The zero-order valence-corrected chi connectivity index (χ0v) is 13.3. The van der Waals surface area contributed by atoms with Gasteiger partial charge in [0, 0.05) is 17.1 Å². The molecule has 0 saturated heterocycles. The van der Waals surface area contributed by atoms with E-state index in [-0.39, 0.29) is 24.4 Å². The van der Waals surface area contributed by atoms with Crippen LogP contribution in [0.5, 0.6) is 5.75 Å². The van der Waals surface area contributed by atoms with E-state index in [1.165, 1.54) is 5.56 Å². The summed E-state index contributed by atoms with van der Waals surface area (Å²) in [7, 11) is 0. The second kappa shape index (κ2) is 6.24. The number of hydrogen-bond acceptors (Lipinski definition) is 4. The third-order valence-corrected chi connectivity index (χ3v) is 4.67. The maximum Gasteiger partial charge on any atom is 0.133 e. The van der Waals surface area contributed by atoms with Gasteiger partial charge in [-0.1, -0.05) is 66.8 Å². The Morgan fingerprint density at radius 1 is 0.917 bits per heavy atom. The molecule has 2 aromatic carbocycles. The van der Waals surface area contributed by atoms with Gasteiger partial charge in [-0.3, -0.25) is 5.32 Å². The monoisotopic (exact) mass is 319 g/mol. The molecule has 0 aromatic heterocycles. The van der Waals surface area contributed by atoms with Crippen LogP contribution in [0.25, 0.3) is 0 Å². The standard InChI is InChI=1S/C20H21N3O/c21-19(13-7-2-1-3-8-13)23-20(22)16-11-6-10-15-14-9-4-5-12-17(14)24-18(15)16/h1-12,15,18-20,23H,21-22H2. The summed E-state index contributed by atoms with van der Waals surface area (Å²) >= 11 is 0. The molecule has 1 heterocycles. The molecule has 0 amide bonds. The number of allylic oxidation sites excluding steroid dienone is 2. The molecule has 122 valence electrons. The first-order valence-electron chi connectivity index (χ1n) is 8.20. The van der Waals surface area contributed by atoms with Gasteiger partial charge in [-0.05, 0) is 11.6 Å². The molecule has 0 bridgehead atoms. The zero-order valence-electron chi connectivity index (χ0n) is 13.3. The summed E-state index contributed by atoms with van der Waals surface area (Å²) in [5.41, 5.74) is 15.9. The molecule has 0 spiro atoms. The molecule has 0 saturated carbocycles. The second-order valence-electron chi connectivity index (χ2n) is 6.19. The maximum atomic E-state index is 6.40. The molecule has 4 rings (SSSR count). The topological polar surface area (TPSA) is 73.3 Å². The predicted molar refractivity (Wildman–Crippen MR) is 95.3 cm³/mol. The highest BCUT2D eigenvalue weighted by molar-refractivity contribution is 5.49. The van der Waals surface area contributed by atoms with Gasteiger partial charge in [0.25, 0.3) is 0 Å². The van der Waals surface area contributed by atoms with E-state index in [0.29, 0.717) is 0 Å². The molecule has 2 aliphatic rings. The number of ether oxygens (including phenoxy) is 1. The van der Waals surface area contributed by atoms with Crippen molar-refractivity contribution in [2.75, 3.05) is 0 Å². The number of benzene rings is 2. The first-order chi connectivity index (χ1) is 11.7. The zero-order chi connectivity index (χ0) is 16.5. The predicted octanol–water partition coefficient (Wildman–Crippen LogP) is 2.56. The fourth-order valence-electron chi connectivity index (χ4n) is 3.42. The smallest absolute Gasteiger partial charge is 0.133 e. The van der Waals surface area contributed by atoms with E-state index in [1.54, 1.807) is 0 Å². The summed E-state index contributed by atoms with van der Waals surface area (Å²) in [4.78, 5) is 0. The molecule has 4 atom stereocenters. The Labute approximate surface area is 141 Å². The van der Waals surface area contributed by atoms with Gasteiger partial charge in [0.15, 0.2) is 0 Å². The lowest BCUT2D eigenvalue weighted by Crippen LogP contribution is -2.48. The van der Waals surface area contributed by atoms with Crippen LogP contribution >= 0.6 is 0 Å². The van der Waals surface area contributed by atoms with Gasteiger partial charge >= 0.3 is 0 Å². The molecule has 4 unspecified atom stereocenters. The molecule has 5 N–H and O–H groups in total. The van der Waals surface area contributed by atoms with Crippen LogP contribution in [0.15, 0.2) is 78.4 Å². The molecule has 2 aromatic rings. The molecule has 4 nitrogen and oxygen atoms in total. The fraction of sp³-hybridized carbons (Fsp3) is 0.200. The normalized spacial score (nSPS) is 23.7. The summed E-state index contributed by atoms with van der Waals surface area (Å²) in [5, 5.41) is 3.28. The van der Waals surface area contributed by atoms with Crippen molar-refractivity contribution in [2.24, 2.45) is 11.5 Å². The Balaban J connectivity index is 1.52. The lowest BCUT2D eigenvalue weighted by Gasteiger charge is -2.29. The second-order valence-corrected chi connectivity index (χ2v) is 6.19. The summed E-state index contributed by atoms with van der Waals surface area (Å²) in [5.74, 6) is 1.14. The van der Waals surface area contributed by atoms with Crippen molar-refractivity contribution in [3.8, 4) is 5.75 Å². The minimum atomic E-state index is -0.369. The number of rotatable bonds is 4. The van der Waals surface area contributed by atoms with E-state index in [4.69, 9.17) is 16.2 Å². The van der Waals surface area contributed by atoms with E-state index in [0.717, 1.165) is 16.9 Å². The van der Waals surface area contributed by atoms with Gasteiger partial charge in [0.2, 0.25) is 0 Å². The molecule has 0 radical (unpaired) electrons. The van der Waals surface area contributed by atoms with Crippen molar-refractivity contribution >= 4 is 0 Å². The minimum Gasteiger partial charge on any atom is -0.485 e. The van der Waals surface area contributed by atoms with Gasteiger partial charge in [-0.15, -0.1) is 0 Å². The van der Waals surface area contributed by atoms with E-state index < -0.39 is 0 Å². The van der Waals surface area contributed by atoms with Crippen LogP contribution in [0.3, 0.4) is 0 Å². The van der Waals surface area contributed by atoms with Crippen LogP contribution in [-0.2, 0) is 0 Å². The van der Waals surface area contributed by atoms with E-state index in [9.17, 15) is 0 Å². The van der Waals surface area contributed by atoms with Gasteiger partial charge < -0.3 is 16.2 Å². The quantitative estimate of drug-likeness (QED) is 0.757. The van der Waals surface area contributed by atoms with Crippen LogP contribution in [0.2, 0.25) is 0 Å². The van der Waals surface area contributed by atoms with Crippen molar-refractivity contribution in [1.29, 1.82) is 0 Å². The Hall–Kier alpha value is -2.40. The molecule has 24 heavy (non-hydrogen) atoms. The highest BCUT2D eigenvalue weighted by Crippen LogP contribution is 2.43. The Morgan fingerprint density at radius 2 is 1.67 bits per heavy atom. The van der Waals surface area contributed by atoms with Crippen molar-refractivity contribution in [3.63, 3.8) is 0 Å². The van der Waals surface area contributed by atoms with E-state index >= 15 is 0 Å². The van der Waals surface area contributed by atoms with Crippen LogP contribution < -0.4 is 21.5 Å². The van der Waals surface area contributed by atoms with Gasteiger partial charge in [-0.2, -0.15) is 0 Å². The lowest BCUT2D eigenvalue weighted by atomic mass is 9.86. The lowest BCUT2D eigenvalue weighted by molar-refractivity contribution is 0.240. The number of fused-ring (bicyclic) bond motifs is 3. The SMILES string of the molecule is NC(NC(N)c1ccccc1)C1=CC=CC2c3ccccc3OC12. The van der Waals surface area contributed by atoms with Crippen molar-refractivity contribution < 1.29 is 4.74 Å². The third-order valence-electron chi connectivity index (χ3n) is 4.67. The van der Waals surface area contributed by atoms with Crippen LogP contribution in [-0.4, -0.2) is 12.3 Å². The number of nitrogens with one attached hydrogen (secondary N) is 1. The van der Waals surface area contributed by atoms with E-state index in [1.807, 2.05) is 54.6 Å². The summed E-state index contributed by atoms with van der Waals surface area (Å²) in [6.07, 6.45) is 5.49. The number of para-hydroxylation sites is 1. The maximum absolute atomic E-state index is 6.40. The Bertz CT molecular complexity index is 784. The average molecular weight is 319 g/mol. The third kappa shape index (κ3) is 2.65. The fourth-order valence-corrected chi connectivity index (χ4v) is 3.42. The van der Waals surface area contributed by atoms with Crippen LogP contribution in [0.4, 0.5) is 0 Å². The molecular weight excluding hydrogens is 298 g/mol. The number of nitrogens with two attached hydrogens (primary N) is 2. The highest BCUT2D eigenvalue weighted by atomic mass is 16.5.